The molecule has 0 amide bonds. The highest BCUT2D eigenvalue weighted by Crippen LogP contribution is 2.24. The monoisotopic (exact) mass is 281 g/mol. The SMILES string of the molecule is c1ccc(Oc2ccc(N=NN3CCCCC3)cc2)cc1. The summed E-state index contributed by atoms with van der Waals surface area (Å²) in [5.41, 5.74) is 0.848. The number of nitrogens with zero attached hydrogens (tertiary/aromatic N) is 3. The fourth-order valence-electron chi connectivity index (χ4n) is 2.29. The highest BCUT2D eigenvalue weighted by molar-refractivity contribution is 5.42. The third-order valence-corrected chi connectivity index (χ3v) is 3.43. The highest BCUT2D eigenvalue weighted by atomic mass is 16.5. The molecule has 2 aromatic carbocycles. The number of benzene rings is 2. The van der Waals surface area contributed by atoms with Crippen molar-refractivity contribution in [2.45, 2.75) is 19.3 Å². The summed E-state index contributed by atoms with van der Waals surface area (Å²) in [5, 5.41) is 10.6. The molecule has 0 radical (unpaired) electrons. The summed E-state index contributed by atoms with van der Waals surface area (Å²) >= 11 is 0. The average Bonchev–Trinajstić information content (AvgIpc) is 2.56. The summed E-state index contributed by atoms with van der Waals surface area (Å²) in [7, 11) is 0. The predicted octanol–water partition coefficient (Wildman–Crippen LogP) is 4.96. The van der Waals surface area contributed by atoms with Gasteiger partial charge in [0.1, 0.15) is 11.5 Å². The highest BCUT2D eigenvalue weighted by Gasteiger charge is 2.06. The van der Waals surface area contributed by atoms with Crippen LogP contribution in [0.25, 0.3) is 0 Å². The molecular weight excluding hydrogens is 262 g/mol. The van der Waals surface area contributed by atoms with Crippen molar-refractivity contribution >= 4 is 5.69 Å². The van der Waals surface area contributed by atoms with Crippen LogP contribution in [0, 0.1) is 0 Å². The number of piperidine rings is 1. The van der Waals surface area contributed by atoms with E-state index in [1.807, 2.05) is 59.6 Å². The van der Waals surface area contributed by atoms with Gasteiger partial charge in [-0.05, 0) is 55.7 Å². The molecule has 0 aliphatic carbocycles. The van der Waals surface area contributed by atoms with Crippen molar-refractivity contribution in [3.05, 3.63) is 54.6 Å². The molecule has 0 unspecified atom stereocenters. The lowest BCUT2D eigenvalue weighted by molar-refractivity contribution is 0.224. The van der Waals surface area contributed by atoms with Gasteiger partial charge in [0.25, 0.3) is 0 Å². The third-order valence-electron chi connectivity index (χ3n) is 3.43. The van der Waals surface area contributed by atoms with Crippen molar-refractivity contribution in [2.75, 3.05) is 13.1 Å². The fraction of sp³-hybridized carbons (Fsp3) is 0.294. The van der Waals surface area contributed by atoms with E-state index >= 15 is 0 Å². The molecule has 0 saturated carbocycles. The van der Waals surface area contributed by atoms with Crippen LogP contribution in [0.3, 0.4) is 0 Å². The second-order valence-corrected chi connectivity index (χ2v) is 5.11. The molecule has 1 fully saturated rings. The van der Waals surface area contributed by atoms with E-state index in [2.05, 4.69) is 10.3 Å². The van der Waals surface area contributed by atoms with Gasteiger partial charge in [-0.3, -0.25) is 5.01 Å². The first kappa shape index (κ1) is 13.6. The van der Waals surface area contributed by atoms with Gasteiger partial charge in [0.05, 0.1) is 5.69 Å². The maximum absolute atomic E-state index is 5.75. The second-order valence-electron chi connectivity index (χ2n) is 5.11. The smallest absolute Gasteiger partial charge is 0.127 e. The summed E-state index contributed by atoms with van der Waals surface area (Å²) < 4.78 is 5.75. The molecule has 108 valence electrons. The Morgan fingerprint density at radius 1 is 0.762 bits per heavy atom. The van der Waals surface area contributed by atoms with Crippen LogP contribution >= 0.6 is 0 Å². The quantitative estimate of drug-likeness (QED) is 0.742. The van der Waals surface area contributed by atoms with Crippen LogP contribution in [0.15, 0.2) is 64.9 Å². The van der Waals surface area contributed by atoms with Crippen LogP contribution < -0.4 is 4.74 Å². The van der Waals surface area contributed by atoms with Crippen LogP contribution in [0.1, 0.15) is 19.3 Å². The van der Waals surface area contributed by atoms with Gasteiger partial charge >= 0.3 is 0 Å². The molecule has 2 aromatic rings. The lowest BCUT2D eigenvalue weighted by Gasteiger charge is -2.21. The summed E-state index contributed by atoms with van der Waals surface area (Å²) in [4.78, 5) is 0. The summed E-state index contributed by atoms with van der Waals surface area (Å²) in [6.07, 6.45) is 3.73. The zero-order valence-corrected chi connectivity index (χ0v) is 12.0. The Balaban J connectivity index is 1.60. The van der Waals surface area contributed by atoms with E-state index in [1.54, 1.807) is 0 Å². The lowest BCUT2D eigenvalue weighted by atomic mass is 10.2. The Morgan fingerprint density at radius 3 is 2.14 bits per heavy atom. The van der Waals surface area contributed by atoms with Crippen molar-refractivity contribution in [3.63, 3.8) is 0 Å². The standard InChI is InChI=1S/C17H19N3O/c1-3-7-16(8-4-1)21-17-11-9-15(10-12-17)18-19-20-13-5-2-6-14-20/h1,3-4,7-12H,2,5-6,13-14H2. The van der Waals surface area contributed by atoms with E-state index in [-0.39, 0.29) is 0 Å². The van der Waals surface area contributed by atoms with E-state index < -0.39 is 0 Å². The number of hydrogen-bond acceptors (Lipinski definition) is 3. The zero-order chi connectivity index (χ0) is 14.3. The van der Waals surface area contributed by atoms with Crippen molar-refractivity contribution in [1.82, 2.24) is 5.01 Å². The minimum absolute atomic E-state index is 0.804. The van der Waals surface area contributed by atoms with Gasteiger partial charge in [-0.25, -0.2) is 0 Å². The molecule has 1 heterocycles. The fourth-order valence-corrected chi connectivity index (χ4v) is 2.29. The normalized spacial score (nSPS) is 15.3. The largest absolute Gasteiger partial charge is 0.457 e. The Kier molecular flexibility index (Phi) is 4.46. The number of ether oxygens (including phenoxy) is 1. The van der Waals surface area contributed by atoms with Crippen LogP contribution in [0.4, 0.5) is 5.69 Å². The van der Waals surface area contributed by atoms with Crippen molar-refractivity contribution in [2.24, 2.45) is 10.3 Å². The van der Waals surface area contributed by atoms with Crippen molar-refractivity contribution in [3.8, 4) is 11.5 Å². The lowest BCUT2D eigenvalue weighted by Crippen LogP contribution is -2.23. The molecular formula is C17H19N3O. The molecule has 1 aliphatic heterocycles. The topological polar surface area (TPSA) is 37.2 Å². The summed E-state index contributed by atoms with van der Waals surface area (Å²) in [5.74, 6) is 1.64. The minimum atomic E-state index is 0.804. The van der Waals surface area contributed by atoms with E-state index in [0.717, 1.165) is 30.3 Å². The Morgan fingerprint density at radius 2 is 1.43 bits per heavy atom. The molecule has 0 atom stereocenters. The first-order valence-corrected chi connectivity index (χ1v) is 7.40. The van der Waals surface area contributed by atoms with E-state index in [9.17, 15) is 0 Å². The molecule has 0 N–H and O–H groups in total. The van der Waals surface area contributed by atoms with E-state index in [0.29, 0.717) is 0 Å². The van der Waals surface area contributed by atoms with E-state index in [1.165, 1.54) is 19.3 Å². The molecule has 0 bridgehead atoms. The zero-order valence-electron chi connectivity index (χ0n) is 12.0. The summed E-state index contributed by atoms with van der Waals surface area (Å²) in [6, 6.07) is 17.4. The molecule has 1 saturated heterocycles. The van der Waals surface area contributed by atoms with Crippen molar-refractivity contribution in [1.29, 1.82) is 0 Å². The first-order chi connectivity index (χ1) is 10.4. The van der Waals surface area contributed by atoms with Crippen molar-refractivity contribution < 1.29 is 4.74 Å². The van der Waals surface area contributed by atoms with Gasteiger partial charge in [-0.15, -0.1) is 5.11 Å². The maximum Gasteiger partial charge on any atom is 0.127 e. The molecule has 21 heavy (non-hydrogen) atoms. The molecule has 4 nitrogen and oxygen atoms in total. The molecule has 0 aromatic heterocycles. The van der Waals surface area contributed by atoms with Gasteiger partial charge < -0.3 is 4.74 Å². The maximum atomic E-state index is 5.75. The van der Waals surface area contributed by atoms with Gasteiger partial charge in [0, 0.05) is 13.1 Å². The van der Waals surface area contributed by atoms with Gasteiger partial charge in [-0.2, -0.15) is 0 Å². The number of rotatable bonds is 4. The number of para-hydroxylation sites is 1. The molecule has 4 heteroatoms. The van der Waals surface area contributed by atoms with Crippen LogP contribution in [-0.4, -0.2) is 18.1 Å². The van der Waals surface area contributed by atoms with Crippen LogP contribution in [0.5, 0.6) is 11.5 Å². The van der Waals surface area contributed by atoms with Crippen LogP contribution in [0.2, 0.25) is 0 Å². The third kappa shape index (κ3) is 4.05. The van der Waals surface area contributed by atoms with Gasteiger partial charge in [-0.1, -0.05) is 23.4 Å². The Labute approximate surface area is 125 Å². The average molecular weight is 281 g/mol. The Bertz CT molecular complexity index is 575. The number of hydrogen-bond donors (Lipinski definition) is 0. The first-order valence-electron chi connectivity index (χ1n) is 7.40. The second kappa shape index (κ2) is 6.88. The van der Waals surface area contributed by atoms with Gasteiger partial charge in [0.2, 0.25) is 0 Å². The van der Waals surface area contributed by atoms with Gasteiger partial charge in [0.15, 0.2) is 0 Å². The summed E-state index contributed by atoms with van der Waals surface area (Å²) in [6.45, 7) is 2.03. The molecule has 0 spiro atoms. The minimum Gasteiger partial charge on any atom is -0.457 e. The van der Waals surface area contributed by atoms with E-state index in [4.69, 9.17) is 4.74 Å². The Hall–Kier alpha value is -2.36. The van der Waals surface area contributed by atoms with Crippen LogP contribution in [-0.2, 0) is 0 Å². The molecule has 1 aliphatic rings. The predicted molar refractivity (Wildman–Crippen MR) is 82.9 cm³/mol. The molecule has 3 rings (SSSR count).